The molecule has 3 rings (SSSR count). The van der Waals surface area contributed by atoms with Gasteiger partial charge in [0, 0.05) is 15.8 Å². The highest BCUT2D eigenvalue weighted by atomic mass is 32.1. The van der Waals surface area contributed by atoms with Gasteiger partial charge in [0.1, 0.15) is 0 Å². The van der Waals surface area contributed by atoms with Gasteiger partial charge >= 0.3 is 0 Å². The van der Waals surface area contributed by atoms with Gasteiger partial charge in [0.05, 0.1) is 0 Å². The van der Waals surface area contributed by atoms with Crippen LogP contribution < -0.4 is 5.32 Å². The van der Waals surface area contributed by atoms with Crippen molar-refractivity contribution in [3.05, 3.63) is 21.4 Å². The van der Waals surface area contributed by atoms with Gasteiger partial charge in [-0.1, -0.05) is 13.3 Å². The van der Waals surface area contributed by atoms with E-state index in [2.05, 4.69) is 32.2 Å². The van der Waals surface area contributed by atoms with Crippen LogP contribution in [0.5, 0.6) is 0 Å². The van der Waals surface area contributed by atoms with E-state index in [-0.39, 0.29) is 0 Å². The van der Waals surface area contributed by atoms with Crippen molar-refractivity contribution in [2.45, 2.75) is 65.3 Å². The van der Waals surface area contributed by atoms with Crippen molar-refractivity contribution in [1.82, 2.24) is 5.32 Å². The number of fused-ring (bicyclic) bond motifs is 2. The lowest BCUT2D eigenvalue weighted by molar-refractivity contribution is 0.280. The van der Waals surface area contributed by atoms with Crippen LogP contribution in [0.25, 0.3) is 0 Å². The average Bonchev–Trinajstić information content (AvgIpc) is 3.11. The standard InChI is InChI=1S/C18H29NS/c1-4-7-19-17(18-8-12(2)13(3)20-18)11-16-10-14-5-6-15(16)9-14/h8,14-17,19H,4-7,9-11H2,1-3H3. The van der Waals surface area contributed by atoms with Gasteiger partial charge in [0.2, 0.25) is 0 Å². The van der Waals surface area contributed by atoms with Crippen molar-refractivity contribution in [2.24, 2.45) is 17.8 Å². The van der Waals surface area contributed by atoms with E-state index in [1.807, 2.05) is 11.3 Å². The Labute approximate surface area is 128 Å². The SMILES string of the molecule is CCCNC(CC1CC2CCC1C2)c1cc(C)c(C)s1. The van der Waals surface area contributed by atoms with E-state index < -0.39 is 0 Å². The number of thiophene rings is 1. The quantitative estimate of drug-likeness (QED) is 0.756. The summed E-state index contributed by atoms with van der Waals surface area (Å²) in [6, 6.07) is 3.04. The third kappa shape index (κ3) is 2.96. The summed E-state index contributed by atoms with van der Waals surface area (Å²) in [5.41, 5.74) is 1.47. The molecular formula is C18H29NS. The molecule has 2 saturated carbocycles. The molecule has 0 aromatic carbocycles. The molecule has 0 saturated heterocycles. The maximum Gasteiger partial charge on any atom is 0.0417 e. The Morgan fingerprint density at radius 3 is 2.70 bits per heavy atom. The first-order valence-electron chi connectivity index (χ1n) is 8.47. The lowest BCUT2D eigenvalue weighted by atomic mass is 9.84. The molecular weight excluding hydrogens is 262 g/mol. The molecule has 2 fully saturated rings. The number of nitrogens with one attached hydrogen (secondary N) is 1. The molecule has 0 amide bonds. The Morgan fingerprint density at radius 2 is 2.15 bits per heavy atom. The largest absolute Gasteiger partial charge is 0.309 e. The van der Waals surface area contributed by atoms with E-state index in [1.54, 1.807) is 4.88 Å². The minimum Gasteiger partial charge on any atom is -0.309 e. The zero-order valence-electron chi connectivity index (χ0n) is 13.2. The Hall–Kier alpha value is -0.340. The molecule has 2 aliphatic rings. The summed E-state index contributed by atoms with van der Waals surface area (Å²) in [4.78, 5) is 3.08. The van der Waals surface area contributed by atoms with Crippen molar-refractivity contribution in [3.63, 3.8) is 0 Å². The Kier molecular flexibility index (Phi) is 4.52. The van der Waals surface area contributed by atoms with Gasteiger partial charge in [-0.25, -0.2) is 0 Å². The van der Waals surface area contributed by atoms with Crippen molar-refractivity contribution in [2.75, 3.05) is 6.54 Å². The summed E-state index contributed by atoms with van der Waals surface area (Å²) in [6.07, 6.45) is 8.69. The van der Waals surface area contributed by atoms with E-state index in [0.717, 1.165) is 24.3 Å². The van der Waals surface area contributed by atoms with Crippen LogP contribution in [0, 0.1) is 31.6 Å². The van der Waals surface area contributed by atoms with Gasteiger partial charge in [0.15, 0.2) is 0 Å². The van der Waals surface area contributed by atoms with Gasteiger partial charge in [-0.3, -0.25) is 0 Å². The molecule has 1 aromatic rings. The molecule has 2 aliphatic carbocycles. The van der Waals surface area contributed by atoms with Crippen LogP contribution in [0.4, 0.5) is 0 Å². The Bertz CT molecular complexity index is 431. The van der Waals surface area contributed by atoms with Crippen molar-refractivity contribution < 1.29 is 0 Å². The highest BCUT2D eigenvalue weighted by molar-refractivity contribution is 7.12. The molecule has 1 aromatic heterocycles. The molecule has 0 radical (unpaired) electrons. The van der Waals surface area contributed by atoms with Crippen LogP contribution in [0.1, 0.15) is 66.8 Å². The van der Waals surface area contributed by atoms with E-state index in [9.17, 15) is 0 Å². The number of aryl methyl sites for hydroxylation is 2. The topological polar surface area (TPSA) is 12.0 Å². The van der Waals surface area contributed by atoms with Crippen LogP contribution >= 0.6 is 11.3 Å². The van der Waals surface area contributed by atoms with E-state index in [0.29, 0.717) is 6.04 Å². The van der Waals surface area contributed by atoms with Gasteiger partial charge in [-0.15, -0.1) is 11.3 Å². The van der Waals surface area contributed by atoms with Crippen molar-refractivity contribution in [3.8, 4) is 0 Å². The predicted octanol–water partition coefficient (Wildman–Crippen LogP) is 5.23. The highest BCUT2D eigenvalue weighted by Crippen LogP contribution is 2.51. The molecule has 112 valence electrons. The predicted molar refractivity (Wildman–Crippen MR) is 88.4 cm³/mol. The van der Waals surface area contributed by atoms with Crippen molar-refractivity contribution >= 4 is 11.3 Å². The molecule has 1 heterocycles. The molecule has 1 nitrogen and oxygen atoms in total. The normalized spacial score (nSPS) is 30.1. The van der Waals surface area contributed by atoms with E-state index >= 15 is 0 Å². The maximum atomic E-state index is 3.82. The maximum absolute atomic E-state index is 3.82. The molecule has 4 unspecified atom stereocenters. The van der Waals surface area contributed by atoms with Gasteiger partial charge in [-0.05, 0) is 81.9 Å². The fraction of sp³-hybridized carbons (Fsp3) is 0.778. The molecule has 1 N–H and O–H groups in total. The summed E-state index contributed by atoms with van der Waals surface area (Å²) in [6.45, 7) is 7.94. The van der Waals surface area contributed by atoms with Crippen LogP contribution in [0.3, 0.4) is 0 Å². The summed E-state index contributed by atoms with van der Waals surface area (Å²) in [7, 11) is 0. The first-order valence-corrected chi connectivity index (χ1v) is 9.29. The average molecular weight is 292 g/mol. The highest BCUT2D eigenvalue weighted by Gasteiger charge is 2.40. The summed E-state index contributed by atoms with van der Waals surface area (Å²) < 4.78 is 0. The van der Waals surface area contributed by atoms with E-state index in [4.69, 9.17) is 0 Å². The molecule has 2 bridgehead atoms. The lowest BCUT2D eigenvalue weighted by Crippen LogP contribution is -2.25. The summed E-state index contributed by atoms with van der Waals surface area (Å²) in [5.74, 6) is 3.11. The number of hydrogen-bond donors (Lipinski definition) is 1. The minimum atomic E-state index is 0.608. The van der Waals surface area contributed by atoms with Crippen LogP contribution in [0.15, 0.2) is 6.07 Å². The molecule has 4 atom stereocenters. The van der Waals surface area contributed by atoms with Crippen LogP contribution in [-0.4, -0.2) is 6.54 Å². The Morgan fingerprint density at radius 1 is 1.30 bits per heavy atom. The third-order valence-corrected chi connectivity index (χ3v) is 6.86. The lowest BCUT2D eigenvalue weighted by Gasteiger charge is -2.27. The smallest absolute Gasteiger partial charge is 0.0417 e. The molecule has 0 aliphatic heterocycles. The Balaban J connectivity index is 1.69. The third-order valence-electron chi connectivity index (χ3n) is 5.59. The second-order valence-corrected chi connectivity index (χ2v) is 8.35. The van der Waals surface area contributed by atoms with Gasteiger partial charge < -0.3 is 5.32 Å². The zero-order chi connectivity index (χ0) is 14.1. The van der Waals surface area contributed by atoms with Crippen LogP contribution in [0.2, 0.25) is 0 Å². The second-order valence-electron chi connectivity index (χ2n) is 7.07. The molecule has 20 heavy (non-hydrogen) atoms. The van der Waals surface area contributed by atoms with Crippen molar-refractivity contribution in [1.29, 1.82) is 0 Å². The number of rotatable bonds is 6. The molecule has 0 spiro atoms. The summed E-state index contributed by atoms with van der Waals surface area (Å²) in [5, 5.41) is 3.82. The first kappa shape index (κ1) is 14.6. The summed E-state index contributed by atoms with van der Waals surface area (Å²) >= 11 is 2.01. The fourth-order valence-electron chi connectivity index (χ4n) is 4.36. The molecule has 2 heteroatoms. The minimum absolute atomic E-state index is 0.608. The zero-order valence-corrected chi connectivity index (χ0v) is 14.1. The van der Waals surface area contributed by atoms with Crippen LogP contribution in [-0.2, 0) is 0 Å². The fourth-order valence-corrected chi connectivity index (χ4v) is 5.49. The number of hydrogen-bond acceptors (Lipinski definition) is 2. The second kappa shape index (κ2) is 6.19. The van der Waals surface area contributed by atoms with Gasteiger partial charge in [0.25, 0.3) is 0 Å². The van der Waals surface area contributed by atoms with E-state index in [1.165, 1.54) is 49.0 Å². The monoisotopic (exact) mass is 291 g/mol. The first-order chi connectivity index (χ1) is 9.67. The van der Waals surface area contributed by atoms with Gasteiger partial charge in [-0.2, -0.15) is 0 Å².